The highest BCUT2D eigenvalue weighted by Crippen LogP contribution is 2.23. The van der Waals surface area contributed by atoms with E-state index in [1.165, 1.54) is 18.4 Å². The second-order valence-corrected chi connectivity index (χ2v) is 8.45. The number of sulfonamides is 1. The van der Waals surface area contributed by atoms with Crippen molar-refractivity contribution in [1.29, 1.82) is 0 Å². The Labute approximate surface area is 154 Å². The van der Waals surface area contributed by atoms with Crippen molar-refractivity contribution < 1.29 is 8.42 Å². The number of piperidine rings is 1. The molecule has 0 aliphatic carbocycles. The first-order chi connectivity index (χ1) is 11.5. The third-order valence-corrected chi connectivity index (χ3v) is 6.15. The molecule has 2 aromatic rings. The number of halogens is 1. The number of benzene rings is 1. The molecule has 0 atom stereocenters. The minimum Gasteiger partial charge on any atom is -0.317 e. The third-order valence-electron chi connectivity index (χ3n) is 4.34. The molecule has 1 aromatic carbocycles. The normalized spacial score (nSPS) is 16.0. The van der Waals surface area contributed by atoms with Crippen LogP contribution in [0.4, 0.5) is 0 Å². The average Bonchev–Trinajstić information content (AvgIpc) is 3.04. The molecule has 1 N–H and O–H groups in total. The van der Waals surface area contributed by atoms with Gasteiger partial charge < -0.3 is 5.32 Å². The lowest BCUT2D eigenvalue weighted by atomic mass is 9.95. The third kappa shape index (κ3) is 4.58. The van der Waals surface area contributed by atoms with Crippen LogP contribution in [0.5, 0.6) is 0 Å². The molecule has 0 amide bonds. The minimum absolute atomic E-state index is 0. The Kier molecular flexibility index (Phi) is 6.56. The van der Waals surface area contributed by atoms with Crippen LogP contribution in [-0.2, 0) is 16.6 Å². The van der Waals surface area contributed by atoms with Crippen molar-refractivity contribution >= 4 is 22.4 Å². The van der Waals surface area contributed by atoms with E-state index in [-0.39, 0.29) is 12.4 Å². The second kappa shape index (κ2) is 8.27. The predicted octanol–water partition coefficient (Wildman–Crippen LogP) is 1.47. The molecule has 1 aromatic heterocycles. The molecular formula is C16H24ClN5O2S. The molecule has 1 fully saturated rings. The highest BCUT2D eigenvalue weighted by atomic mass is 35.5. The number of rotatable bonds is 5. The summed E-state index contributed by atoms with van der Waals surface area (Å²) in [5.41, 5.74) is 1.91. The fourth-order valence-corrected chi connectivity index (χ4v) is 3.87. The summed E-state index contributed by atoms with van der Waals surface area (Å²) in [6.45, 7) is 2.54. The van der Waals surface area contributed by atoms with Crippen molar-refractivity contribution in [3.8, 4) is 0 Å². The smallest absolute Gasteiger partial charge is 0.242 e. The summed E-state index contributed by atoms with van der Waals surface area (Å²) in [6.07, 6.45) is 4.13. The zero-order valence-corrected chi connectivity index (χ0v) is 16.1. The molecule has 1 aliphatic heterocycles. The molecule has 2 heterocycles. The van der Waals surface area contributed by atoms with Gasteiger partial charge in [-0.1, -0.05) is 17.3 Å². The molecule has 0 radical (unpaired) electrons. The van der Waals surface area contributed by atoms with Crippen molar-refractivity contribution in [2.24, 2.45) is 0 Å². The van der Waals surface area contributed by atoms with E-state index < -0.39 is 10.0 Å². The monoisotopic (exact) mass is 385 g/mol. The van der Waals surface area contributed by atoms with E-state index in [0.29, 0.717) is 17.4 Å². The molecule has 1 aliphatic rings. The maximum absolute atomic E-state index is 12.2. The number of nitrogens with zero attached hydrogens (tertiary/aromatic N) is 4. The highest BCUT2D eigenvalue weighted by molar-refractivity contribution is 7.89. The zero-order chi connectivity index (χ0) is 17.2. The maximum Gasteiger partial charge on any atom is 0.242 e. The molecule has 138 valence electrons. The number of aromatic nitrogens is 3. The Morgan fingerprint density at radius 2 is 2.00 bits per heavy atom. The summed E-state index contributed by atoms with van der Waals surface area (Å²) in [4.78, 5) is 0.295. The van der Waals surface area contributed by atoms with Gasteiger partial charge in [-0.2, -0.15) is 0 Å². The van der Waals surface area contributed by atoms with Gasteiger partial charge in [0, 0.05) is 26.2 Å². The van der Waals surface area contributed by atoms with Crippen LogP contribution < -0.4 is 5.32 Å². The van der Waals surface area contributed by atoms with Crippen molar-refractivity contribution in [2.45, 2.75) is 30.2 Å². The summed E-state index contributed by atoms with van der Waals surface area (Å²) >= 11 is 0. The molecule has 9 heteroatoms. The molecule has 7 nitrogen and oxygen atoms in total. The van der Waals surface area contributed by atoms with Crippen molar-refractivity contribution in [3.05, 3.63) is 41.7 Å². The van der Waals surface area contributed by atoms with E-state index >= 15 is 0 Å². The lowest BCUT2D eigenvalue weighted by Gasteiger charge is -2.20. The molecule has 0 spiro atoms. The lowest BCUT2D eigenvalue weighted by Crippen LogP contribution is -2.26. The van der Waals surface area contributed by atoms with Gasteiger partial charge in [0.05, 0.1) is 17.1 Å². The van der Waals surface area contributed by atoms with E-state index in [2.05, 4.69) is 15.6 Å². The molecule has 25 heavy (non-hydrogen) atoms. The van der Waals surface area contributed by atoms with E-state index in [1.54, 1.807) is 22.9 Å². The fraction of sp³-hybridized carbons (Fsp3) is 0.500. The van der Waals surface area contributed by atoms with Crippen LogP contribution in [0.1, 0.15) is 30.0 Å². The molecule has 3 rings (SSSR count). The van der Waals surface area contributed by atoms with Crippen LogP contribution >= 0.6 is 12.4 Å². The van der Waals surface area contributed by atoms with Gasteiger partial charge in [-0.05, 0) is 43.6 Å². The van der Waals surface area contributed by atoms with Crippen LogP contribution in [0.3, 0.4) is 0 Å². The Morgan fingerprint density at radius 3 is 2.68 bits per heavy atom. The van der Waals surface area contributed by atoms with Gasteiger partial charge in [0.2, 0.25) is 10.0 Å². The van der Waals surface area contributed by atoms with Crippen LogP contribution in [-0.4, -0.2) is 54.9 Å². The summed E-state index contributed by atoms with van der Waals surface area (Å²) < 4.78 is 27.5. The Bertz CT molecular complexity index is 800. The minimum atomic E-state index is -3.42. The second-order valence-electron chi connectivity index (χ2n) is 6.30. The molecule has 0 bridgehead atoms. The van der Waals surface area contributed by atoms with Crippen LogP contribution in [0.15, 0.2) is 35.4 Å². The predicted molar refractivity (Wildman–Crippen MR) is 98.5 cm³/mol. The quantitative estimate of drug-likeness (QED) is 0.842. The van der Waals surface area contributed by atoms with E-state index in [1.807, 2.05) is 12.3 Å². The Balaban J connectivity index is 0.00000225. The topological polar surface area (TPSA) is 80.1 Å². The van der Waals surface area contributed by atoms with Gasteiger partial charge in [0.1, 0.15) is 0 Å². The van der Waals surface area contributed by atoms with Gasteiger partial charge in [-0.3, -0.25) is 0 Å². The van der Waals surface area contributed by atoms with Gasteiger partial charge in [0.15, 0.2) is 0 Å². The first kappa shape index (κ1) is 19.8. The summed E-state index contributed by atoms with van der Waals surface area (Å²) in [7, 11) is -0.358. The highest BCUT2D eigenvalue weighted by Gasteiger charge is 2.19. The molecule has 1 saturated heterocycles. The standard InChI is InChI=1S/C16H23N5O2S.ClH/c1-20(2)24(22,23)15-5-3-4-13(10-15)11-21-12-16(18-19-21)14-6-8-17-9-7-14;/h3-5,10,12,14,17H,6-9,11H2,1-2H3;1H. The SMILES string of the molecule is CN(C)S(=O)(=O)c1cccc(Cn2cc(C3CCNCC3)nn2)c1.Cl. The first-order valence-electron chi connectivity index (χ1n) is 8.09. The number of nitrogens with one attached hydrogen (secondary N) is 1. The molecule has 0 unspecified atom stereocenters. The largest absolute Gasteiger partial charge is 0.317 e. The molecule has 0 saturated carbocycles. The van der Waals surface area contributed by atoms with Crippen LogP contribution in [0.25, 0.3) is 0 Å². The maximum atomic E-state index is 12.2. The number of hydrogen-bond donors (Lipinski definition) is 1. The van der Waals surface area contributed by atoms with Crippen molar-refractivity contribution in [3.63, 3.8) is 0 Å². The Morgan fingerprint density at radius 1 is 1.28 bits per heavy atom. The van der Waals surface area contributed by atoms with Crippen molar-refractivity contribution in [1.82, 2.24) is 24.6 Å². The lowest BCUT2D eigenvalue weighted by molar-refractivity contribution is 0.453. The summed E-state index contributed by atoms with van der Waals surface area (Å²) in [5, 5.41) is 11.8. The van der Waals surface area contributed by atoms with E-state index in [4.69, 9.17) is 0 Å². The summed E-state index contributed by atoms with van der Waals surface area (Å²) in [6, 6.07) is 6.97. The van der Waals surface area contributed by atoms with E-state index in [9.17, 15) is 8.42 Å². The van der Waals surface area contributed by atoms with Crippen LogP contribution in [0, 0.1) is 0 Å². The Hall–Kier alpha value is -1.48. The van der Waals surface area contributed by atoms with Gasteiger partial charge in [-0.25, -0.2) is 17.4 Å². The summed E-state index contributed by atoms with van der Waals surface area (Å²) in [5.74, 6) is 0.459. The van der Waals surface area contributed by atoms with E-state index in [0.717, 1.165) is 37.2 Å². The number of hydrogen-bond acceptors (Lipinski definition) is 5. The van der Waals surface area contributed by atoms with Crippen molar-refractivity contribution in [2.75, 3.05) is 27.2 Å². The fourth-order valence-electron chi connectivity index (χ4n) is 2.90. The van der Waals surface area contributed by atoms with Gasteiger partial charge in [-0.15, -0.1) is 17.5 Å². The van der Waals surface area contributed by atoms with Crippen LogP contribution in [0.2, 0.25) is 0 Å². The van der Waals surface area contributed by atoms with Gasteiger partial charge >= 0.3 is 0 Å². The first-order valence-corrected chi connectivity index (χ1v) is 9.53. The zero-order valence-electron chi connectivity index (χ0n) is 14.4. The average molecular weight is 386 g/mol. The van der Waals surface area contributed by atoms with Gasteiger partial charge in [0.25, 0.3) is 0 Å². The molecular weight excluding hydrogens is 362 g/mol.